The molecule has 0 aliphatic rings. The van der Waals surface area contributed by atoms with Crippen molar-refractivity contribution in [3.63, 3.8) is 0 Å². The zero-order valence-corrected chi connectivity index (χ0v) is 19.5. The van der Waals surface area contributed by atoms with E-state index < -0.39 is 0 Å². The summed E-state index contributed by atoms with van der Waals surface area (Å²) in [7, 11) is 0. The lowest BCUT2D eigenvalue weighted by Crippen LogP contribution is -2.30. The second-order valence-corrected chi connectivity index (χ2v) is 8.46. The van der Waals surface area contributed by atoms with Crippen LogP contribution in [0.4, 0.5) is 0 Å². The number of benzene rings is 3. The molecule has 33 heavy (non-hydrogen) atoms. The molecule has 1 amide bonds. The highest BCUT2D eigenvalue weighted by molar-refractivity contribution is 5.79. The molecule has 1 heterocycles. The molecule has 0 aliphatic carbocycles. The van der Waals surface area contributed by atoms with E-state index in [1.165, 1.54) is 11.1 Å². The lowest BCUT2D eigenvalue weighted by atomic mass is 10.1. The van der Waals surface area contributed by atoms with Crippen LogP contribution in [0.3, 0.4) is 0 Å². The Bertz CT molecular complexity index is 1230. The van der Waals surface area contributed by atoms with Crippen LogP contribution in [0, 0.1) is 13.8 Å². The fourth-order valence-electron chi connectivity index (χ4n) is 4.08. The number of ether oxygens (including phenoxy) is 1. The Hall–Kier alpha value is -3.60. The van der Waals surface area contributed by atoms with Crippen LogP contribution in [-0.2, 0) is 17.8 Å². The predicted molar refractivity (Wildman–Crippen MR) is 132 cm³/mol. The van der Waals surface area contributed by atoms with Crippen LogP contribution in [0.25, 0.3) is 11.0 Å². The summed E-state index contributed by atoms with van der Waals surface area (Å²) in [4.78, 5) is 17.5. The van der Waals surface area contributed by atoms with E-state index in [4.69, 9.17) is 9.72 Å². The number of aryl methyl sites for hydroxylation is 2. The molecule has 0 bridgehead atoms. The van der Waals surface area contributed by atoms with E-state index >= 15 is 0 Å². The number of amides is 1. The molecule has 1 N–H and O–H groups in total. The standard InChI is InChI=1S/C28H31N3O2/c1-20-11-9-16-26(21(20)2)33-18-10-17-31-25-15-8-7-14-24(25)30-28(31)22(3)29-27(32)19-23-12-5-4-6-13-23/h4-9,11-16,22H,10,17-19H2,1-3H3,(H,29,32). The lowest BCUT2D eigenvalue weighted by Gasteiger charge is -2.17. The number of aromatic nitrogens is 2. The molecular weight excluding hydrogens is 410 g/mol. The fourth-order valence-corrected chi connectivity index (χ4v) is 4.08. The van der Waals surface area contributed by atoms with Gasteiger partial charge < -0.3 is 14.6 Å². The van der Waals surface area contributed by atoms with E-state index in [0.29, 0.717) is 13.0 Å². The van der Waals surface area contributed by atoms with Gasteiger partial charge in [-0.1, -0.05) is 54.6 Å². The van der Waals surface area contributed by atoms with Gasteiger partial charge in [0.05, 0.1) is 30.1 Å². The number of carbonyl (C=O) groups is 1. The van der Waals surface area contributed by atoms with E-state index in [1.54, 1.807) is 0 Å². The summed E-state index contributed by atoms with van der Waals surface area (Å²) < 4.78 is 8.26. The van der Waals surface area contributed by atoms with Gasteiger partial charge in [0.25, 0.3) is 0 Å². The van der Waals surface area contributed by atoms with Crippen LogP contribution in [0.2, 0.25) is 0 Å². The molecular formula is C28H31N3O2. The fraction of sp³-hybridized carbons (Fsp3) is 0.286. The largest absolute Gasteiger partial charge is 0.493 e. The molecule has 5 nitrogen and oxygen atoms in total. The minimum absolute atomic E-state index is 0.00874. The Kier molecular flexibility index (Phi) is 7.08. The first-order valence-electron chi connectivity index (χ1n) is 11.5. The number of para-hydroxylation sites is 2. The van der Waals surface area contributed by atoms with Gasteiger partial charge in [0.1, 0.15) is 11.6 Å². The first-order valence-corrected chi connectivity index (χ1v) is 11.5. The third-order valence-electron chi connectivity index (χ3n) is 5.99. The second-order valence-electron chi connectivity index (χ2n) is 8.46. The molecule has 4 aromatic rings. The summed E-state index contributed by atoms with van der Waals surface area (Å²) in [5.41, 5.74) is 5.42. The molecule has 1 unspecified atom stereocenters. The number of hydrogen-bond donors (Lipinski definition) is 1. The van der Waals surface area contributed by atoms with Gasteiger partial charge in [-0.25, -0.2) is 4.98 Å². The van der Waals surface area contributed by atoms with Crippen molar-refractivity contribution in [1.82, 2.24) is 14.9 Å². The first kappa shape index (κ1) is 22.6. The number of fused-ring (bicyclic) bond motifs is 1. The summed E-state index contributed by atoms with van der Waals surface area (Å²) in [6.07, 6.45) is 1.19. The highest BCUT2D eigenvalue weighted by Gasteiger charge is 2.18. The second kappa shape index (κ2) is 10.3. The van der Waals surface area contributed by atoms with Crippen molar-refractivity contribution in [3.8, 4) is 5.75 Å². The Morgan fingerprint density at radius 1 is 1.00 bits per heavy atom. The number of imidazole rings is 1. The Balaban J connectivity index is 1.44. The van der Waals surface area contributed by atoms with E-state index in [-0.39, 0.29) is 11.9 Å². The van der Waals surface area contributed by atoms with Crippen LogP contribution in [0.15, 0.2) is 72.8 Å². The van der Waals surface area contributed by atoms with Gasteiger partial charge >= 0.3 is 0 Å². The van der Waals surface area contributed by atoms with E-state index in [9.17, 15) is 4.79 Å². The molecule has 0 spiro atoms. The van der Waals surface area contributed by atoms with Crippen molar-refractivity contribution in [2.24, 2.45) is 0 Å². The average Bonchev–Trinajstić information content (AvgIpc) is 3.19. The molecule has 0 saturated heterocycles. The maximum absolute atomic E-state index is 12.6. The third-order valence-corrected chi connectivity index (χ3v) is 5.99. The van der Waals surface area contributed by atoms with Crippen molar-refractivity contribution < 1.29 is 9.53 Å². The Labute approximate surface area is 195 Å². The summed E-state index contributed by atoms with van der Waals surface area (Å²) in [6, 6.07) is 23.8. The summed E-state index contributed by atoms with van der Waals surface area (Å²) in [5.74, 6) is 1.79. The molecule has 170 valence electrons. The van der Waals surface area contributed by atoms with E-state index in [1.807, 2.05) is 67.6 Å². The molecule has 0 saturated carbocycles. The molecule has 4 rings (SSSR count). The summed E-state index contributed by atoms with van der Waals surface area (Å²) in [5, 5.41) is 3.12. The van der Waals surface area contributed by atoms with Gasteiger partial charge in [-0.2, -0.15) is 0 Å². The SMILES string of the molecule is Cc1cccc(OCCCn2c(C(C)NC(=O)Cc3ccccc3)nc3ccccc32)c1C. The van der Waals surface area contributed by atoms with Gasteiger partial charge in [-0.05, 0) is 62.1 Å². The maximum Gasteiger partial charge on any atom is 0.224 e. The number of carbonyl (C=O) groups excluding carboxylic acids is 1. The van der Waals surface area contributed by atoms with Crippen LogP contribution < -0.4 is 10.1 Å². The number of rotatable bonds is 9. The topological polar surface area (TPSA) is 56.1 Å². The molecule has 1 atom stereocenters. The lowest BCUT2D eigenvalue weighted by molar-refractivity contribution is -0.121. The molecule has 0 radical (unpaired) electrons. The van der Waals surface area contributed by atoms with Crippen molar-refractivity contribution >= 4 is 16.9 Å². The van der Waals surface area contributed by atoms with Gasteiger partial charge in [0.2, 0.25) is 5.91 Å². The Morgan fingerprint density at radius 2 is 1.76 bits per heavy atom. The minimum atomic E-state index is -0.200. The zero-order valence-electron chi connectivity index (χ0n) is 19.5. The van der Waals surface area contributed by atoms with Crippen LogP contribution in [0.1, 0.15) is 41.9 Å². The minimum Gasteiger partial charge on any atom is -0.493 e. The maximum atomic E-state index is 12.6. The van der Waals surface area contributed by atoms with Crippen molar-refractivity contribution in [3.05, 3.63) is 95.3 Å². The van der Waals surface area contributed by atoms with Crippen LogP contribution in [0.5, 0.6) is 5.75 Å². The van der Waals surface area contributed by atoms with Crippen molar-refractivity contribution in [2.75, 3.05) is 6.61 Å². The quantitative estimate of drug-likeness (QED) is 0.347. The highest BCUT2D eigenvalue weighted by Crippen LogP contribution is 2.23. The predicted octanol–water partition coefficient (Wildman–Crippen LogP) is 5.54. The van der Waals surface area contributed by atoms with Crippen LogP contribution >= 0.6 is 0 Å². The summed E-state index contributed by atoms with van der Waals surface area (Å²) in [6.45, 7) is 7.56. The van der Waals surface area contributed by atoms with Gasteiger partial charge in [-0.3, -0.25) is 4.79 Å². The Morgan fingerprint density at radius 3 is 2.58 bits per heavy atom. The van der Waals surface area contributed by atoms with E-state index in [2.05, 4.69) is 35.9 Å². The van der Waals surface area contributed by atoms with E-state index in [0.717, 1.165) is 41.1 Å². The number of hydrogen-bond acceptors (Lipinski definition) is 3. The normalized spacial score (nSPS) is 12.0. The van der Waals surface area contributed by atoms with Crippen molar-refractivity contribution in [1.29, 1.82) is 0 Å². The van der Waals surface area contributed by atoms with Crippen LogP contribution in [-0.4, -0.2) is 22.1 Å². The van der Waals surface area contributed by atoms with Gasteiger partial charge in [-0.15, -0.1) is 0 Å². The number of nitrogens with one attached hydrogen (secondary N) is 1. The smallest absolute Gasteiger partial charge is 0.224 e. The van der Waals surface area contributed by atoms with Crippen molar-refractivity contribution in [2.45, 2.75) is 46.2 Å². The van der Waals surface area contributed by atoms with Gasteiger partial charge in [0.15, 0.2) is 0 Å². The first-order chi connectivity index (χ1) is 16.0. The number of nitrogens with zero attached hydrogens (tertiary/aromatic N) is 2. The zero-order chi connectivity index (χ0) is 23.2. The molecule has 1 aromatic heterocycles. The highest BCUT2D eigenvalue weighted by atomic mass is 16.5. The molecule has 0 fully saturated rings. The summed E-state index contributed by atoms with van der Waals surface area (Å²) >= 11 is 0. The molecule has 3 aromatic carbocycles. The monoisotopic (exact) mass is 441 g/mol. The average molecular weight is 442 g/mol. The third kappa shape index (κ3) is 5.43. The molecule has 0 aliphatic heterocycles. The molecule has 5 heteroatoms. The van der Waals surface area contributed by atoms with Gasteiger partial charge in [0, 0.05) is 6.54 Å².